The van der Waals surface area contributed by atoms with Gasteiger partial charge >= 0.3 is 0 Å². The molecule has 1 atom stereocenters. The van der Waals surface area contributed by atoms with Crippen molar-refractivity contribution in [2.75, 3.05) is 6.54 Å². The molecular formula is C16H22FN3. The topological polar surface area (TPSA) is 54.7 Å². The highest BCUT2D eigenvalue weighted by Gasteiger charge is 2.16. The molecule has 0 aliphatic carbocycles. The fraction of sp³-hybridized carbons (Fsp3) is 0.438. The summed E-state index contributed by atoms with van der Waals surface area (Å²) in [5.74, 6) is 1.47. The van der Waals surface area contributed by atoms with E-state index in [-0.39, 0.29) is 11.7 Å². The lowest BCUT2D eigenvalue weighted by Gasteiger charge is -2.14. The van der Waals surface area contributed by atoms with E-state index in [9.17, 15) is 4.39 Å². The Balaban J connectivity index is 2.25. The first-order valence-corrected chi connectivity index (χ1v) is 7.02. The standard InChI is InChI=1S/C16H22FN3/c1-10(2)6-13(8-18)16-19-9-15(20-16)12-5-4-11(3)14(17)7-12/h4-5,7,9-10,13H,6,8,18H2,1-3H3,(H,19,20). The van der Waals surface area contributed by atoms with Crippen LogP contribution in [-0.2, 0) is 0 Å². The number of aromatic nitrogens is 2. The highest BCUT2D eigenvalue weighted by atomic mass is 19.1. The minimum absolute atomic E-state index is 0.198. The zero-order valence-electron chi connectivity index (χ0n) is 12.3. The first kappa shape index (κ1) is 14.7. The van der Waals surface area contributed by atoms with Gasteiger partial charge in [-0.2, -0.15) is 0 Å². The van der Waals surface area contributed by atoms with Gasteiger partial charge in [-0.05, 0) is 30.9 Å². The first-order chi connectivity index (χ1) is 9.51. The molecule has 0 aliphatic heterocycles. The molecule has 0 amide bonds. The quantitative estimate of drug-likeness (QED) is 0.875. The Bertz CT molecular complexity index is 575. The molecule has 0 spiro atoms. The van der Waals surface area contributed by atoms with E-state index in [1.165, 1.54) is 6.07 Å². The van der Waals surface area contributed by atoms with Crippen LogP contribution < -0.4 is 5.73 Å². The number of halogens is 1. The van der Waals surface area contributed by atoms with Crippen LogP contribution in [0.25, 0.3) is 11.3 Å². The molecule has 2 rings (SSSR count). The monoisotopic (exact) mass is 275 g/mol. The normalized spacial score (nSPS) is 12.9. The van der Waals surface area contributed by atoms with Crippen molar-refractivity contribution in [2.24, 2.45) is 11.7 Å². The van der Waals surface area contributed by atoms with Gasteiger partial charge in [-0.25, -0.2) is 9.37 Å². The molecule has 108 valence electrons. The zero-order chi connectivity index (χ0) is 14.7. The van der Waals surface area contributed by atoms with Gasteiger partial charge in [0.2, 0.25) is 0 Å². The number of nitrogens with zero attached hydrogens (tertiary/aromatic N) is 1. The molecule has 0 bridgehead atoms. The van der Waals surface area contributed by atoms with E-state index in [1.807, 2.05) is 6.07 Å². The summed E-state index contributed by atoms with van der Waals surface area (Å²) >= 11 is 0. The van der Waals surface area contributed by atoms with Crippen molar-refractivity contribution in [2.45, 2.75) is 33.1 Å². The SMILES string of the molecule is Cc1ccc(-c2cnc(C(CN)CC(C)C)[nH]2)cc1F. The highest BCUT2D eigenvalue weighted by Crippen LogP contribution is 2.25. The predicted octanol–water partition coefficient (Wildman–Crippen LogP) is 3.61. The van der Waals surface area contributed by atoms with E-state index < -0.39 is 0 Å². The second-order valence-electron chi connectivity index (χ2n) is 5.71. The number of hydrogen-bond acceptors (Lipinski definition) is 2. The Kier molecular flexibility index (Phi) is 4.55. The molecule has 3 N–H and O–H groups in total. The van der Waals surface area contributed by atoms with Gasteiger partial charge in [0.05, 0.1) is 11.9 Å². The third-order valence-corrected chi connectivity index (χ3v) is 3.51. The Hall–Kier alpha value is -1.68. The maximum absolute atomic E-state index is 13.6. The summed E-state index contributed by atoms with van der Waals surface area (Å²) in [5, 5.41) is 0. The molecule has 1 unspecified atom stereocenters. The molecule has 1 aromatic carbocycles. The van der Waals surface area contributed by atoms with Crippen LogP contribution in [0.1, 0.15) is 37.6 Å². The summed E-state index contributed by atoms with van der Waals surface area (Å²) in [4.78, 5) is 7.69. The van der Waals surface area contributed by atoms with Crippen molar-refractivity contribution in [1.29, 1.82) is 0 Å². The molecule has 0 radical (unpaired) electrons. The van der Waals surface area contributed by atoms with Gasteiger partial charge in [-0.15, -0.1) is 0 Å². The van der Waals surface area contributed by atoms with Gasteiger partial charge in [0, 0.05) is 18.0 Å². The second kappa shape index (κ2) is 6.18. The fourth-order valence-electron chi connectivity index (χ4n) is 2.34. The molecule has 4 heteroatoms. The first-order valence-electron chi connectivity index (χ1n) is 7.02. The summed E-state index contributed by atoms with van der Waals surface area (Å²) in [6.45, 7) is 6.65. The van der Waals surface area contributed by atoms with Crippen LogP contribution >= 0.6 is 0 Å². The van der Waals surface area contributed by atoms with Gasteiger partial charge in [0.15, 0.2) is 0 Å². The van der Waals surface area contributed by atoms with E-state index in [0.29, 0.717) is 18.0 Å². The van der Waals surface area contributed by atoms with Crippen LogP contribution in [0.15, 0.2) is 24.4 Å². The molecule has 2 aromatic rings. The van der Waals surface area contributed by atoms with Crippen LogP contribution in [0.5, 0.6) is 0 Å². The third-order valence-electron chi connectivity index (χ3n) is 3.51. The van der Waals surface area contributed by atoms with Crippen LogP contribution in [-0.4, -0.2) is 16.5 Å². The third kappa shape index (κ3) is 3.25. The minimum Gasteiger partial charge on any atom is -0.342 e. The second-order valence-corrected chi connectivity index (χ2v) is 5.71. The van der Waals surface area contributed by atoms with Gasteiger partial charge in [0.1, 0.15) is 11.6 Å². The lowest BCUT2D eigenvalue weighted by atomic mass is 9.97. The summed E-state index contributed by atoms with van der Waals surface area (Å²) in [7, 11) is 0. The van der Waals surface area contributed by atoms with Crippen LogP contribution in [0.3, 0.4) is 0 Å². The van der Waals surface area contributed by atoms with Crippen molar-refractivity contribution >= 4 is 0 Å². The van der Waals surface area contributed by atoms with Crippen molar-refractivity contribution in [3.05, 3.63) is 41.6 Å². The molecular weight excluding hydrogens is 253 g/mol. The summed E-state index contributed by atoms with van der Waals surface area (Å²) in [6, 6.07) is 5.21. The van der Waals surface area contributed by atoms with E-state index in [1.54, 1.807) is 19.2 Å². The van der Waals surface area contributed by atoms with E-state index in [2.05, 4.69) is 23.8 Å². The highest BCUT2D eigenvalue weighted by molar-refractivity contribution is 5.59. The molecule has 1 aromatic heterocycles. The molecule has 0 fully saturated rings. The van der Waals surface area contributed by atoms with Crippen molar-refractivity contribution < 1.29 is 4.39 Å². The number of benzene rings is 1. The molecule has 3 nitrogen and oxygen atoms in total. The lowest BCUT2D eigenvalue weighted by molar-refractivity contribution is 0.490. The van der Waals surface area contributed by atoms with E-state index >= 15 is 0 Å². The number of nitrogens with one attached hydrogen (secondary N) is 1. The Morgan fingerprint density at radius 3 is 2.70 bits per heavy atom. The maximum Gasteiger partial charge on any atom is 0.126 e. The number of nitrogens with two attached hydrogens (primary N) is 1. The lowest BCUT2D eigenvalue weighted by Crippen LogP contribution is -2.15. The van der Waals surface area contributed by atoms with Crippen molar-refractivity contribution in [3.8, 4) is 11.3 Å². The number of imidazole rings is 1. The van der Waals surface area contributed by atoms with Crippen molar-refractivity contribution in [1.82, 2.24) is 9.97 Å². The number of rotatable bonds is 5. The number of aromatic amines is 1. The minimum atomic E-state index is -0.198. The summed E-state index contributed by atoms with van der Waals surface area (Å²) in [5.41, 5.74) is 8.12. The van der Waals surface area contributed by atoms with Gasteiger partial charge in [-0.1, -0.05) is 26.0 Å². The molecule has 0 saturated heterocycles. The average Bonchev–Trinajstić information content (AvgIpc) is 2.88. The largest absolute Gasteiger partial charge is 0.342 e. The molecule has 1 heterocycles. The molecule has 20 heavy (non-hydrogen) atoms. The number of hydrogen-bond donors (Lipinski definition) is 2. The molecule has 0 aliphatic rings. The Morgan fingerprint density at radius 2 is 2.10 bits per heavy atom. The maximum atomic E-state index is 13.6. The molecule has 0 saturated carbocycles. The van der Waals surface area contributed by atoms with Crippen LogP contribution in [0.2, 0.25) is 0 Å². The Morgan fingerprint density at radius 1 is 1.35 bits per heavy atom. The smallest absolute Gasteiger partial charge is 0.126 e. The number of aryl methyl sites for hydroxylation is 1. The van der Waals surface area contributed by atoms with E-state index in [4.69, 9.17) is 5.73 Å². The van der Waals surface area contributed by atoms with Crippen molar-refractivity contribution in [3.63, 3.8) is 0 Å². The fourth-order valence-corrected chi connectivity index (χ4v) is 2.34. The Labute approximate surface area is 119 Å². The predicted molar refractivity (Wildman–Crippen MR) is 80.0 cm³/mol. The van der Waals surface area contributed by atoms with Gasteiger partial charge in [-0.3, -0.25) is 0 Å². The van der Waals surface area contributed by atoms with Gasteiger partial charge < -0.3 is 10.7 Å². The van der Waals surface area contributed by atoms with Crippen LogP contribution in [0, 0.1) is 18.7 Å². The number of H-pyrrole nitrogens is 1. The summed E-state index contributed by atoms with van der Waals surface area (Å²) in [6.07, 6.45) is 2.74. The van der Waals surface area contributed by atoms with Crippen LogP contribution in [0.4, 0.5) is 4.39 Å². The van der Waals surface area contributed by atoms with E-state index in [0.717, 1.165) is 23.5 Å². The zero-order valence-corrected chi connectivity index (χ0v) is 12.3. The average molecular weight is 275 g/mol. The summed E-state index contributed by atoms with van der Waals surface area (Å²) < 4.78 is 13.6. The van der Waals surface area contributed by atoms with Gasteiger partial charge in [0.25, 0.3) is 0 Å².